The molecule has 0 unspecified atom stereocenters. The number of carbonyl (C=O) groups is 2. The van der Waals surface area contributed by atoms with Gasteiger partial charge in [-0.15, -0.1) is 0 Å². The van der Waals surface area contributed by atoms with Gasteiger partial charge in [0.2, 0.25) is 21.8 Å². The van der Waals surface area contributed by atoms with E-state index in [0.717, 1.165) is 28.3 Å². The summed E-state index contributed by atoms with van der Waals surface area (Å²) >= 11 is 0. The predicted octanol–water partition coefficient (Wildman–Crippen LogP) is 5.53. The van der Waals surface area contributed by atoms with Crippen molar-refractivity contribution in [3.63, 3.8) is 0 Å². The Morgan fingerprint density at radius 1 is 1.05 bits per heavy atom. The van der Waals surface area contributed by atoms with Gasteiger partial charge >= 0.3 is 0 Å². The van der Waals surface area contributed by atoms with Crippen LogP contribution in [0, 0.1) is 28.6 Å². The first-order chi connectivity index (χ1) is 19.4. The van der Waals surface area contributed by atoms with Gasteiger partial charge < -0.3 is 4.90 Å². The van der Waals surface area contributed by atoms with Crippen molar-refractivity contribution < 1.29 is 18.0 Å². The maximum Gasteiger partial charge on any atom is 0.245 e. The second kappa shape index (κ2) is 10.8. The summed E-state index contributed by atoms with van der Waals surface area (Å²) in [5, 5.41) is 3.83. The van der Waals surface area contributed by atoms with E-state index in [-0.39, 0.29) is 17.1 Å². The van der Waals surface area contributed by atoms with Crippen LogP contribution in [-0.2, 0) is 32.7 Å². The molecule has 1 spiro atoms. The third kappa shape index (κ3) is 4.91. The van der Waals surface area contributed by atoms with Crippen LogP contribution in [-0.4, -0.2) is 47.3 Å². The predicted molar refractivity (Wildman–Crippen MR) is 156 cm³/mol. The summed E-state index contributed by atoms with van der Waals surface area (Å²) in [6, 6.07) is 17.6. The Kier molecular flexibility index (Phi) is 7.68. The van der Waals surface area contributed by atoms with Crippen LogP contribution >= 0.6 is 0 Å². The highest BCUT2D eigenvalue weighted by Crippen LogP contribution is 2.70. The average Bonchev–Trinajstić information content (AvgIpc) is 3.43. The lowest BCUT2D eigenvalue weighted by Gasteiger charge is -2.38. The van der Waals surface area contributed by atoms with Gasteiger partial charge in [0.1, 0.15) is 6.04 Å². The molecule has 2 amide bonds. The Morgan fingerprint density at radius 2 is 1.61 bits per heavy atom. The molecule has 3 aliphatic rings. The summed E-state index contributed by atoms with van der Waals surface area (Å²) in [6.45, 7) is 8.41. The van der Waals surface area contributed by atoms with Crippen molar-refractivity contribution >= 4 is 21.8 Å². The van der Waals surface area contributed by atoms with Gasteiger partial charge in [-0.1, -0.05) is 93.5 Å². The van der Waals surface area contributed by atoms with Crippen LogP contribution in [0.25, 0.3) is 10.4 Å². The van der Waals surface area contributed by atoms with Crippen molar-refractivity contribution in [1.82, 2.24) is 9.21 Å². The Hall–Kier alpha value is -3.36. The number of carbonyl (C=O) groups excluding carboxylic acids is 2. The van der Waals surface area contributed by atoms with E-state index in [4.69, 9.17) is 0 Å². The van der Waals surface area contributed by atoms with Crippen LogP contribution in [0.5, 0.6) is 0 Å². The number of benzene rings is 2. The first-order valence-corrected chi connectivity index (χ1v) is 16.0. The summed E-state index contributed by atoms with van der Waals surface area (Å²) in [5.41, 5.74) is 10.7. The molecule has 218 valence electrons. The molecule has 41 heavy (non-hydrogen) atoms. The van der Waals surface area contributed by atoms with Crippen LogP contribution in [0.15, 0.2) is 65.8 Å². The van der Waals surface area contributed by atoms with Crippen molar-refractivity contribution in [2.45, 2.75) is 72.1 Å². The monoisotopic (exact) mass is 577 g/mol. The lowest BCUT2D eigenvalue weighted by molar-refractivity contribution is -0.139. The van der Waals surface area contributed by atoms with Crippen molar-refractivity contribution in [3.05, 3.63) is 82.2 Å². The summed E-state index contributed by atoms with van der Waals surface area (Å²) in [4.78, 5) is 32.7. The molecule has 0 aromatic heterocycles. The van der Waals surface area contributed by atoms with E-state index in [1.54, 1.807) is 18.7 Å². The standard InChI is InChI=1S/C31H39N5O4S/c1-21(22(2)28(37)35(18-23-11-7-5-8-12-23)19-24-13-9-6-10-14-24)27(33-34-32)29(38)36-26-17-25-15-16-31(26,30(25,3)4)20-41(36,39)40/h5-14,21-22,25-27H,15-20H2,1-4H3/t21-,22+,25-,26-,27-,31-/m0/s1. The molecule has 1 aliphatic heterocycles. The quantitative estimate of drug-likeness (QED) is 0.221. The van der Waals surface area contributed by atoms with E-state index < -0.39 is 45.3 Å². The number of hydrogen-bond acceptors (Lipinski definition) is 5. The van der Waals surface area contributed by atoms with Gasteiger partial charge in [-0.05, 0) is 53.2 Å². The van der Waals surface area contributed by atoms with Gasteiger partial charge in [0.15, 0.2) is 0 Å². The number of azide groups is 1. The van der Waals surface area contributed by atoms with Gasteiger partial charge in [0, 0.05) is 29.3 Å². The molecule has 5 rings (SSSR count). The van der Waals surface area contributed by atoms with Gasteiger partial charge in [-0.25, -0.2) is 12.7 Å². The summed E-state index contributed by atoms with van der Waals surface area (Å²) < 4.78 is 28.1. The number of nitrogens with zero attached hydrogens (tertiary/aromatic N) is 5. The highest BCUT2D eigenvalue weighted by atomic mass is 32.2. The first kappa shape index (κ1) is 29.1. The zero-order chi connectivity index (χ0) is 29.6. The van der Waals surface area contributed by atoms with Crippen molar-refractivity contribution in [2.75, 3.05) is 5.75 Å². The summed E-state index contributed by atoms with van der Waals surface area (Å²) in [5.74, 6) is -2.06. The maximum atomic E-state index is 14.1. The molecule has 2 bridgehead atoms. The smallest absolute Gasteiger partial charge is 0.245 e. The van der Waals surface area contributed by atoms with E-state index in [1.165, 1.54) is 0 Å². The highest BCUT2D eigenvalue weighted by molar-refractivity contribution is 7.90. The number of hydrogen-bond donors (Lipinski definition) is 0. The molecule has 6 atom stereocenters. The topological polar surface area (TPSA) is 124 Å². The Balaban J connectivity index is 1.41. The average molecular weight is 578 g/mol. The van der Waals surface area contributed by atoms with Crippen molar-refractivity contribution in [1.29, 1.82) is 0 Å². The molecule has 3 fully saturated rings. The first-order valence-electron chi connectivity index (χ1n) is 14.4. The van der Waals surface area contributed by atoms with Gasteiger partial charge in [0.25, 0.3) is 0 Å². The molecular formula is C31H39N5O4S. The minimum atomic E-state index is -3.90. The molecule has 2 aromatic rings. The number of rotatable bonds is 9. The molecule has 1 heterocycles. The molecule has 10 heteroatoms. The summed E-state index contributed by atoms with van der Waals surface area (Å²) in [7, 11) is -3.90. The normalized spacial score (nSPS) is 27.4. The van der Waals surface area contributed by atoms with Crippen LogP contribution in [0.1, 0.15) is 58.1 Å². The third-order valence-electron chi connectivity index (χ3n) is 10.5. The van der Waals surface area contributed by atoms with E-state index in [2.05, 4.69) is 23.9 Å². The molecule has 2 saturated carbocycles. The SMILES string of the molecule is C[C@H]([C@H](N=[N+]=[N-])C(=O)N1[C@H]2C[C@@H]3CC[C@@]2(CS1(=O)=O)C3(C)C)[C@@H](C)C(=O)N(Cc1ccccc1)Cc1ccccc1. The van der Waals surface area contributed by atoms with Crippen LogP contribution < -0.4 is 0 Å². The number of fused-ring (bicyclic) bond motifs is 1. The van der Waals surface area contributed by atoms with Gasteiger partial charge in [-0.3, -0.25) is 9.59 Å². The Morgan fingerprint density at radius 3 is 2.12 bits per heavy atom. The van der Waals surface area contributed by atoms with Crippen molar-refractivity contribution in [3.8, 4) is 0 Å². The Bertz CT molecular complexity index is 1420. The fraction of sp³-hybridized carbons (Fsp3) is 0.548. The van der Waals surface area contributed by atoms with E-state index in [1.807, 2.05) is 60.7 Å². The molecule has 9 nitrogen and oxygen atoms in total. The highest BCUT2D eigenvalue weighted by Gasteiger charge is 2.72. The maximum absolute atomic E-state index is 14.1. The van der Waals surface area contributed by atoms with Crippen LogP contribution in [0.2, 0.25) is 0 Å². The fourth-order valence-corrected chi connectivity index (χ4v) is 10.3. The second-order valence-corrected chi connectivity index (χ2v) is 14.6. The molecule has 0 radical (unpaired) electrons. The lowest BCUT2D eigenvalue weighted by atomic mass is 9.69. The van der Waals surface area contributed by atoms with Crippen molar-refractivity contribution in [2.24, 2.45) is 33.7 Å². The van der Waals surface area contributed by atoms with Crippen LogP contribution in [0.4, 0.5) is 0 Å². The largest absolute Gasteiger partial charge is 0.334 e. The Labute approximate surface area is 242 Å². The van der Waals surface area contributed by atoms with Crippen LogP contribution in [0.3, 0.4) is 0 Å². The zero-order valence-corrected chi connectivity index (χ0v) is 25.0. The van der Waals surface area contributed by atoms with Gasteiger partial charge in [0.05, 0.1) is 11.8 Å². The summed E-state index contributed by atoms with van der Waals surface area (Å²) in [6.07, 6.45) is 2.36. The lowest BCUT2D eigenvalue weighted by Crippen LogP contribution is -2.50. The van der Waals surface area contributed by atoms with E-state index in [0.29, 0.717) is 25.4 Å². The molecule has 1 saturated heterocycles. The molecule has 2 aliphatic carbocycles. The zero-order valence-electron chi connectivity index (χ0n) is 24.2. The third-order valence-corrected chi connectivity index (χ3v) is 12.4. The molecular weight excluding hydrogens is 538 g/mol. The van der Waals surface area contributed by atoms with E-state index in [9.17, 15) is 23.5 Å². The minimum Gasteiger partial charge on any atom is -0.334 e. The molecule has 0 N–H and O–H groups in total. The van der Waals surface area contributed by atoms with E-state index >= 15 is 0 Å². The number of amides is 2. The minimum absolute atomic E-state index is 0.0618. The number of sulfonamides is 1. The second-order valence-electron chi connectivity index (χ2n) is 12.7. The molecule has 2 aromatic carbocycles. The fourth-order valence-electron chi connectivity index (χ4n) is 7.75. The van der Waals surface area contributed by atoms with Gasteiger partial charge in [-0.2, -0.15) is 0 Å².